The predicted octanol–water partition coefficient (Wildman–Crippen LogP) is 0.386. The number of hydrogen-bond donors (Lipinski definition) is 0. The summed E-state index contributed by atoms with van der Waals surface area (Å²) in [5.41, 5.74) is 1.87. The van der Waals surface area contributed by atoms with Crippen molar-refractivity contribution in [2.45, 2.75) is 12.8 Å². The van der Waals surface area contributed by atoms with Gasteiger partial charge in [0.15, 0.2) is 0 Å². The van der Waals surface area contributed by atoms with E-state index in [1.807, 2.05) is 24.3 Å². The second kappa shape index (κ2) is 5.25. The number of rotatable bonds is 2. The normalized spacial score (nSPS) is 18.0. The highest BCUT2D eigenvalue weighted by Gasteiger charge is 2.43. The molecule has 0 radical (unpaired) electrons. The summed E-state index contributed by atoms with van der Waals surface area (Å²) in [7, 11) is 1.23. The van der Waals surface area contributed by atoms with E-state index >= 15 is 0 Å². The van der Waals surface area contributed by atoms with Gasteiger partial charge in [0, 0.05) is 19.3 Å². The summed E-state index contributed by atoms with van der Waals surface area (Å²) in [5.74, 6) is -2.22. The molecule has 7 heteroatoms. The third kappa shape index (κ3) is 2.14. The first kappa shape index (κ1) is 14.2. The monoisotopic (exact) mass is 301 g/mol. The van der Waals surface area contributed by atoms with Crippen molar-refractivity contribution in [1.29, 1.82) is 0 Å². The van der Waals surface area contributed by atoms with Gasteiger partial charge in [-0.05, 0) is 24.5 Å². The average molecular weight is 301 g/mol. The molecule has 2 heterocycles. The van der Waals surface area contributed by atoms with Gasteiger partial charge in [-0.15, -0.1) is 0 Å². The molecule has 114 valence electrons. The number of anilines is 1. The highest BCUT2D eigenvalue weighted by Crippen LogP contribution is 2.27. The molecule has 5 amide bonds. The summed E-state index contributed by atoms with van der Waals surface area (Å²) in [6.45, 7) is 0.123. The van der Waals surface area contributed by atoms with E-state index in [0.717, 1.165) is 29.0 Å². The number of carbonyl (C=O) groups excluding carboxylic acids is 4. The van der Waals surface area contributed by atoms with Crippen LogP contribution in [-0.2, 0) is 20.8 Å². The molecule has 1 aromatic carbocycles. The van der Waals surface area contributed by atoms with Crippen molar-refractivity contribution in [1.82, 2.24) is 9.80 Å². The van der Waals surface area contributed by atoms with E-state index in [9.17, 15) is 19.2 Å². The number of urea groups is 1. The van der Waals surface area contributed by atoms with Gasteiger partial charge in [0.25, 0.3) is 0 Å². The van der Waals surface area contributed by atoms with E-state index in [1.54, 1.807) is 4.90 Å². The van der Waals surface area contributed by atoms with Gasteiger partial charge in [-0.25, -0.2) is 9.69 Å². The third-order valence-corrected chi connectivity index (χ3v) is 3.96. The molecule has 0 spiro atoms. The van der Waals surface area contributed by atoms with E-state index in [1.165, 1.54) is 7.05 Å². The zero-order valence-electron chi connectivity index (χ0n) is 12.1. The van der Waals surface area contributed by atoms with Crippen molar-refractivity contribution in [3.8, 4) is 0 Å². The molecular weight excluding hydrogens is 286 g/mol. The fourth-order valence-corrected chi connectivity index (χ4v) is 2.77. The maximum absolute atomic E-state index is 12.5. The Labute approximate surface area is 127 Å². The Hall–Kier alpha value is -2.70. The molecular formula is C15H15N3O4. The molecule has 0 unspecified atom stereocenters. The van der Waals surface area contributed by atoms with Gasteiger partial charge in [-0.2, -0.15) is 0 Å². The molecule has 0 N–H and O–H groups in total. The number of likely N-dealkylation sites (N-methyl/N-ethyl adjacent to an activating group) is 1. The molecule has 1 aromatic rings. The number of carbonyl (C=O) groups is 4. The minimum atomic E-state index is -0.953. The van der Waals surface area contributed by atoms with Crippen LogP contribution in [-0.4, -0.2) is 53.7 Å². The number of aryl methyl sites for hydroxylation is 1. The van der Waals surface area contributed by atoms with Crippen LogP contribution in [0.3, 0.4) is 0 Å². The molecule has 22 heavy (non-hydrogen) atoms. The fourth-order valence-electron chi connectivity index (χ4n) is 2.77. The second-order valence-electron chi connectivity index (χ2n) is 5.32. The van der Waals surface area contributed by atoms with Crippen LogP contribution in [0.15, 0.2) is 24.3 Å². The zero-order valence-corrected chi connectivity index (χ0v) is 12.1. The zero-order chi connectivity index (χ0) is 15.9. The Morgan fingerprint density at radius 3 is 2.55 bits per heavy atom. The molecule has 0 saturated carbocycles. The number of imide groups is 2. The molecule has 7 nitrogen and oxygen atoms in total. The van der Waals surface area contributed by atoms with E-state index in [-0.39, 0.29) is 5.91 Å². The number of para-hydroxylation sites is 1. The van der Waals surface area contributed by atoms with Crippen LogP contribution in [0, 0.1) is 0 Å². The Balaban J connectivity index is 1.81. The highest BCUT2D eigenvalue weighted by atomic mass is 16.2. The van der Waals surface area contributed by atoms with E-state index in [4.69, 9.17) is 0 Å². The van der Waals surface area contributed by atoms with Gasteiger partial charge in [0.05, 0.1) is 0 Å². The lowest BCUT2D eigenvalue weighted by molar-refractivity contribution is -0.143. The third-order valence-electron chi connectivity index (χ3n) is 3.96. The molecule has 2 aliphatic heterocycles. The maximum atomic E-state index is 12.5. The lowest BCUT2D eigenvalue weighted by atomic mass is 10.0. The van der Waals surface area contributed by atoms with Gasteiger partial charge in [0.1, 0.15) is 6.54 Å². The fraction of sp³-hybridized carbons (Fsp3) is 0.333. The molecule has 1 fully saturated rings. The van der Waals surface area contributed by atoms with Gasteiger partial charge in [-0.1, -0.05) is 18.2 Å². The molecule has 0 aromatic heterocycles. The summed E-state index contributed by atoms with van der Waals surface area (Å²) in [4.78, 5) is 50.5. The SMILES string of the molecule is CN1C(=O)C(=O)N(CC(=O)N2CCCc3ccccc32)C1=O. The summed E-state index contributed by atoms with van der Waals surface area (Å²) < 4.78 is 0. The number of amides is 5. The largest absolute Gasteiger partial charge is 0.334 e. The van der Waals surface area contributed by atoms with Gasteiger partial charge < -0.3 is 4.90 Å². The quantitative estimate of drug-likeness (QED) is 0.584. The Kier molecular flexibility index (Phi) is 3.40. The average Bonchev–Trinajstić information content (AvgIpc) is 2.72. The minimum absolute atomic E-state index is 0.364. The lowest BCUT2D eigenvalue weighted by Gasteiger charge is -2.30. The Morgan fingerprint density at radius 2 is 1.86 bits per heavy atom. The number of nitrogens with zero attached hydrogens (tertiary/aromatic N) is 3. The smallest absolute Gasteiger partial charge is 0.311 e. The molecule has 3 rings (SSSR count). The van der Waals surface area contributed by atoms with Crippen LogP contribution >= 0.6 is 0 Å². The Bertz CT molecular complexity index is 685. The highest BCUT2D eigenvalue weighted by molar-refractivity contribution is 6.45. The van der Waals surface area contributed by atoms with Crippen LogP contribution in [0.4, 0.5) is 10.5 Å². The Morgan fingerprint density at radius 1 is 1.14 bits per heavy atom. The van der Waals surface area contributed by atoms with Crippen molar-refractivity contribution in [2.24, 2.45) is 0 Å². The van der Waals surface area contributed by atoms with Crippen LogP contribution < -0.4 is 4.90 Å². The van der Waals surface area contributed by atoms with Crippen molar-refractivity contribution in [3.63, 3.8) is 0 Å². The lowest BCUT2D eigenvalue weighted by Crippen LogP contribution is -2.45. The second-order valence-corrected chi connectivity index (χ2v) is 5.32. The molecule has 1 saturated heterocycles. The molecule has 0 atom stereocenters. The van der Waals surface area contributed by atoms with Gasteiger partial charge in [0.2, 0.25) is 5.91 Å². The molecule has 0 bridgehead atoms. The van der Waals surface area contributed by atoms with Crippen LogP contribution in [0.2, 0.25) is 0 Å². The summed E-state index contributed by atoms with van der Waals surface area (Å²) in [6, 6.07) is 6.80. The summed E-state index contributed by atoms with van der Waals surface area (Å²) in [5, 5.41) is 0. The first-order valence-electron chi connectivity index (χ1n) is 7.02. The van der Waals surface area contributed by atoms with E-state index in [2.05, 4.69) is 0 Å². The predicted molar refractivity (Wildman–Crippen MR) is 77.0 cm³/mol. The van der Waals surface area contributed by atoms with E-state index in [0.29, 0.717) is 11.4 Å². The van der Waals surface area contributed by atoms with Gasteiger partial charge >= 0.3 is 17.8 Å². The van der Waals surface area contributed by atoms with Crippen molar-refractivity contribution in [3.05, 3.63) is 29.8 Å². The molecule has 0 aliphatic carbocycles. The van der Waals surface area contributed by atoms with Gasteiger partial charge in [-0.3, -0.25) is 19.3 Å². The number of fused-ring (bicyclic) bond motifs is 1. The van der Waals surface area contributed by atoms with Crippen molar-refractivity contribution < 1.29 is 19.2 Å². The van der Waals surface area contributed by atoms with Crippen LogP contribution in [0.25, 0.3) is 0 Å². The number of hydrogen-bond acceptors (Lipinski definition) is 4. The number of benzene rings is 1. The van der Waals surface area contributed by atoms with Crippen molar-refractivity contribution >= 4 is 29.4 Å². The first-order valence-corrected chi connectivity index (χ1v) is 7.02. The van der Waals surface area contributed by atoms with Crippen LogP contribution in [0.5, 0.6) is 0 Å². The summed E-state index contributed by atoms with van der Waals surface area (Å²) >= 11 is 0. The molecule has 2 aliphatic rings. The van der Waals surface area contributed by atoms with Crippen LogP contribution in [0.1, 0.15) is 12.0 Å². The topological polar surface area (TPSA) is 78.0 Å². The van der Waals surface area contributed by atoms with Crippen molar-refractivity contribution in [2.75, 3.05) is 25.0 Å². The minimum Gasteiger partial charge on any atom is -0.311 e. The maximum Gasteiger partial charge on any atom is 0.334 e. The first-order chi connectivity index (χ1) is 10.5. The van der Waals surface area contributed by atoms with E-state index < -0.39 is 24.4 Å². The summed E-state index contributed by atoms with van der Waals surface area (Å²) in [6.07, 6.45) is 1.71. The standard InChI is InChI=1S/C15H15N3O4/c1-16-13(20)14(21)18(15(16)22)9-12(19)17-8-4-6-10-5-2-3-7-11(10)17/h2-3,5,7H,4,6,8-9H2,1H3.